The van der Waals surface area contributed by atoms with Crippen LogP contribution in [0.4, 0.5) is 0 Å². The number of carbonyl (C=O) groups is 1. The fourth-order valence-electron chi connectivity index (χ4n) is 3.27. The van der Waals surface area contributed by atoms with Gasteiger partial charge >= 0.3 is 0 Å². The summed E-state index contributed by atoms with van der Waals surface area (Å²) in [7, 11) is 4.10. The van der Waals surface area contributed by atoms with Crippen LogP contribution in [-0.4, -0.2) is 64.1 Å². The molecule has 2 aromatic heterocycles. The summed E-state index contributed by atoms with van der Waals surface area (Å²) in [5.41, 5.74) is 0.860. The molecule has 0 N–H and O–H groups in total. The molecule has 134 valence electrons. The number of carbonyl (C=O) groups excluding carboxylic acids is 1. The highest BCUT2D eigenvalue weighted by atomic mass is 16.5. The molecule has 25 heavy (non-hydrogen) atoms. The largest absolute Gasteiger partial charge is 0.339 e. The Hall–Kier alpha value is -2.28. The van der Waals surface area contributed by atoms with E-state index in [0.717, 1.165) is 31.5 Å². The Kier molecular flexibility index (Phi) is 5.75. The fraction of sp³-hybridized carbons (Fsp3) is 0.556. The van der Waals surface area contributed by atoms with Crippen LogP contribution in [-0.2, 0) is 11.2 Å². The highest BCUT2D eigenvalue weighted by molar-refractivity contribution is 5.76. The summed E-state index contributed by atoms with van der Waals surface area (Å²) in [5.74, 6) is 1.21. The number of hydrogen-bond acceptors (Lipinski definition) is 6. The molecule has 1 aliphatic rings. The van der Waals surface area contributed by atoms with Crippen LogP contribution in [0.5, 0.6) is 0 Å². The summed E-state index contributed by atoms with van der Waals surface area (Å²) in [5, 5.41) is 3.99. The van der Waals surface area contributed by atoms with E-state index in [1.54, 1.807) is 12.4 Å². The molecule has 0 unspecified atom stereocenters. The Morgan fingerprint density at radius 2 is 2.12 bits per heavy atom. The summed E-state index contributed by atoms with van der Waals surface area (Å²) < 4.78 is 5.29. The normalized spacial score (nSPS) is 17.9. The molecule has 0 saturated carbocycles. The number of pyridine rings is 1. The number of amides is 1. The van der Waals surface area contributed by atoms with Crippen molar-refractivity contribution in [2.24, 2.45) is 0 Å². The van der Waals surface area contributed by atoms with Crippen molar-refractivity contribution in [2.75, 3.05) is 27.2 Å². The van der Waals surface area contributed by atoms with E-state index in [9.17, 15) is 4.79 Å². The van der Waals surface area contributed by atoms with Crippen molar-refractivity contribution in [3.05, 3.63) is 30.4 Å². The molecule has 1 fully saturated rings. The van der Waals surface area contributed by atoms with Gasteiger partial charge in [0.2, 0.25) is 17.6 Å². The van der Waals surface area contributed by atoms with Gasteiger partial charge in [-0.3, -0.25) is 9.78 Å². The van der Waals surface area contributed by atoms with Crippen molar-refractivity contribution in [2.45, 2.75) is 38.1 Å². The lowest BCUT2D eigenvalue weighted by Gasteiger charge is -2.37. The molecule has 7 nitrogen and oxygen atoms in total. The minimum atomic E-state index is 0.176. The van der Waals surface area contributed by atoms with Crippen LogP contribution in [0, 0.1) is 0 Å². The number of piperidine rings is 1. The van der Waals surface area contributed by atoms with Crippen LogP contribution in [0.3, 0.4) is 0 Å². The van der Waals surface area contributed by atoms with Crippen molar-refractivity contribution < 1.29 is 9.32 Å². The van der Waals surface area contributed by atoms with Gasteiger partial charge in [-0.05, 0) is 45.5 Å². The van der Waals surface area contributed by atoms with Gasteiger partial charge in [0.1, 0.15) is 0 Å². The van der Waals surface area contributed by atoms with Gasteiger partial charge in [0, 0.05) is 49.9 Å². The molecule has 7 heteroatoms. The van der Waals surface area contributed by atoms with Crippen molar-refractivity contribution >= 4 is 5.91 Å². The van der Waals surface area contributed by atoms with Gasteiger partial charge in [-0.1, -0.05) is 5.16 Å². The molecule has 1 saturated heterocycles. The Morgan fingerprint density at radius 3 is 2.88 bits per heavy atom. The molecule has 0 bridgehead atoms. The van der Waals surface area contributed by atoms with Gasteiger partial charge in [0.05, 0.1) is 0 Å². The number of rotatable bonds is 6. The van der Waals surface area contributed by atoms with E-state index in [0.29, 0.717) is 30.6 Å². The molecular weight excluding hydrogens is 318 g/mol. The fourth-order valence-corrected chi connectivity index (χ4v) is 3.27. The molecule has 2 aromatic rings. The number of nitrogens with zero attached hydrogens (tertiary/aromatic N) is 5. The monoisotopic (exact) mass is 343 g/mol. The van der Waals surface area contributed by atoms with E-state index in [2.05, 4.69) is 34.1 Å². The van der Waals surface area contributed by atoms with Crippen LogP contribution >= 0.6 is 0 Å². The predicted octanol–water partition coefficient (Wildman–Crippen LogP) is 2.01. The molecule has 0 aromatic carbocycles. The Morgan fingerprint density at radius 1 is 1.32 bits per heavy atom. The zero-order chi connectivity index (χ0) is 17.6. The van der Waals surface area contributed by atoms with Gasteiger partial charge in [-0.2, -0.15) is 4.98 Å². The third kappa shape index (κ3) is 4.63. The second-order valence-corrected chi connectivity index (χ2v) is 6.75. The molecule has 3 heterocycles. The zero-order valence-electron chi connectivity index (χ0n) is 14.9. The van der Waals surface area contributed by atoms with Crippen molar-refractivity contribution in [3.63, 3.8) is 0 Å². The van der Waals surface area contributed by atoms with Crippen LogP contribution in [0.2, 0.25) is 0 Å². The lowest BCUT2D eigenvalue weighted by atomic mass is 10.0. The number of likely N-dealkylation sites (N-methyl/N-ethyl adjacent to an activating group) is 1. The Balaban J connectivity index is 1.57. The number of likely N-dealkylation sites (tertiary alicyclic amines) is 1. The smallest absolute Gasteiger partial charge is 0.227 e. The molecule has 0 spiro atoms. The summed E-state index contributed by atoms with van der Waals surface area (Å²) >= 11 is 0. The van der Waals surface area contributed by atoms with Crippen LogP contribution < -0.4 is 0 Å². The van der Waals surface area contributed by atoms with Gasteiger partial charge < -0.3 is 14.3 Å². The first-order valence-corrected chi connectivity index (χ1v) is 8.80. The maximum absolute atomic E-state index is 12.6. The van der Waals surface area contributed by atoms with E-state index in [-0.39, 0.29) is 5.91 Å². The third-order valence-electron chi connectivity index (χ3n) is 4.48. The highest BCUT2D eigenvalue weighted by Gasteiger charge is 2.27. The first kappa shape index (κ1) is 17.5. The summed E-state index contributed by atoms with van der Waals surface area (Å²) in [4.78, 5) is 25.2. The van der Waals surface area contributed by atoms with Crippen LogP contribution in [0.25, 0.3) is 11.4 Å². The van der Waals surface area contributed by atoms with E-state index < -0.39 is 0 Å². The molecule has 3 rings (SSSR count). The predicted molar refractivity (Wildman–Crippen MR) is 93.8 cm³/mol. The average molecular weight is 343 g/mol. The molecule has 1 atom stereocenters. The lowest BCUT2D eigenvalue weighted by molar-refractivity contribution is -0.135. The Labute approximate surface area is 148 Å². The van der Waals surface area contributed by atoms with Gasteiger partial charge in [0.15, 0.2) is 0 Å². The minimum Gasteiger partial charge on any atom is -0.339 e. The molecular formula is C18H25N5O2. The molecule has 0 radical (unpaired) electrons. The maximum atomic E-state index is 12.6. The van der Waals surface area contributed by atoms with E-state index in [1.165, 1.54) is 6.42 Å². The van der Waals surface area contributed by atoms with Gasteiger partial charge in [-0.15, -0.1) is 0 Å². The first-order chi connectivity index (χ1) is 12.1. The number of hydrogen-bond donors (Lipinski definition) is 0. The van der Waals surface area contributed by atoms with Gasteiger partial charge in [0.25, 0.3) is 0 Å². The van der Waals surface area contributed by atoms with Crippen molar-refractivity contribution in [1.29, 1.82) is 0 Å². The molecule has 0 aliphatic carbocycles. The molecule has 1 aliphatic heterocycles. The summed E-state index contributed by atoms with van der Waals surface area (Å²) in [6.07, 6.45) is 7.62. The first-order valence-electron chi connectivity index (χ1n) is 8.80. The van der Waals surface area contributed by atoms with Crippen LogP contribution in [0.1, 0.15) is 31.6 Å². The third-order valence-corrected chi connectivity index (χ3v) is 4.48. The van der Waals surface area contributed by atoms with E-state index >= 15 is 0 Å². The zero-order valence-corrected chi connectivity index (χ0v) is 14.9. The number of aromatic nitrogens is 3. The Bertz CT molecular complexity index is 686. The maximum Gasteiger partial charge on any atom is 0.227 e. The SMILES string of the molecule is CN(C)C[C@@H]1CCCCN1C(=O)CCc1nc(-c2ccncc2)no1. The highest BCUT2D eigenvalue weighted by Crippen LogP contribution is 2.20. The quantitative estimate of drug-likeness (QED) is 0.799. The summed E-state index contributed by atoms with van der Waals surface area (Å²) in [6.45, 7) is 1.77. The van der Waals surface area contributed by atoms with Crippen LogP contribution in [0.15, 0.2) is 29.0 Å². The summed E-state index contributed by atoms with van der Waals surface area (Å²) in [6, 6.07) is 3.98. The van der Waals surface area contributed by atoms with Gasteiger partial charge in [-0.25, -0.2) is 0 Å². The minimum absolute atomic E-state index is 0.176. The average Bonchev–Trinajstić information content (AvgIpc) is 3.09. The number of aryl methyl sites for hydroxylation is 1. The standard InChI is InChI=1S/C18H25N5O2/c1-22(2)13-15-5-3-4-12-23(15)17(24)7-6-16-20-18(21-25-16)14-8-10-19-11-9-14/h8-11,15H,3-7,12-13H2,1-2H3/t15-/m0/s1. The second-order valence-electron chi connectivity index (χ2n) is 6.75. The van der Waals surface area contributed by atoms with Crippen molar-refractivity contribution in [3.8, 4) is 11.4 Å². The second kappa shape index (κ2) is 8.20. The molecule has 1 amide bonds. The topological polar surface area (TPSA) is 75.4 Å². The van der Waals surface area contributed by atoms with Crippen molar-refractivity contribution in [1.82, 2.24) is 24.9 Å². The van der Waals surface area contributed by atoms with E-state index in [1.807, 2.05) is 17.0 Å². The van der Waals surface area contributed by atoms with E-state index in [4.69, 9.17) is 4.52 Å². The lowest BCUT2D eigenvalue weighted by Crippen LogP contribution is -2.48.